The highest BCUT2D eigenvalue weighted by atomic mass is 15.0. The summed E-state index contributed by atoms with van der Waals surface area (Å²) in [4.78, 5) is 15.4. The number of fused-ring (bicyclic) bond motifs is 2. The highest BCUT2D eigenvalue weighted by Gasteiger charge is 2.16. The Morgan fingerprint density at radius 1 is 0.179 bits per heavy atom. The van der Waals surface area contributed by atoms with Crippen LogP contribution >= 0.6 is 0 Å². The molecule has 3 heteroatoms. The van der Waals surface area contributed by atoms with Gasteiger partial charge in [-0.15, -0.1) is 0 Å². The maximum atomic E-state index is 5.21. The molecule has 0 aliphatic heterocycles. The average Bonchev–Trinajstić information content (AvgIpc) is 3.29. The number of hydrogen-bond acceptors (Lipinski definition) is 3. The maximum Gasteiger partial charge on any atom is 0.164 e. The largest absolute Gasteiger partial charge is 0.208 e. The van der Waals surface area contributed by atoms with Crippen LogP contribution in [0.25, 0.3) is 100 Å². The summed E-state index contributed by atoms with van der Waals surface area (Å²) < 4.78 is 0. The van der Waals surface area contributed by atoms with Crippen LogP contribution in [0.5, 0.6) is 0 Å². The molecule has 10 rings (SSSR count). The fraction of sp³-hybridized carbons (Fsp3) is 0. The lowest BCUT2D eigenvalue weighted by Gasteiger charge is -2.13. The first-order chi connectivity index (χ1) is 27.7. The van der Waals surface area contributed by atoms with Gasteiger partial charge in [0.2, 0.25) is 0 Å². The van der Waals surface area contributed by atoms with Crippen molar-refractivity contribution in [3.8, 4) is 78.7 Å². The molecule has 0 atom stereocenters. The molecule has 262 valence electrons. The summed E-state index contributed by atoms with van der Waals surface area (Å²) in [6, 6.07) is 74.9. The summed E-state index contributed by atoms with van der Waals surface area (Å²) in [6.07, 6.45) is 0. The maximum absolute atomic E-state index is 5.21. The van der Waals surface area contributed by atoms with Crippen molar-refractivity contribution in [3.05, 3.63) is 212 Å². The highest BCUT2D eigenvalue weighted by Crippen LogP contribution is 2.36. The van der Waals surface area contributed by atoms with Crippen LogP contribution in [0.3, 0.4) is 0 Å². The third-order valence-corrected chi connectivity index (χ3v) is 10.5. The predicted octanol–water partition coefficient (Wildman–Crippen LogP) is 13.8. The van der Waals surface area contributed by atoms with Gasteiger partial charge in [0.1, 0.15) is 0 Å². The Bertz CT molecular complexity index is 3010. The number of rotatable bonds is 7. The Kier molecular flexibility index (Phi) is 8.51. The monoisotopic (exact) mass is 713 g/mol. The van der Waals surface area contributed by atoms with E-state index in [2.05, 4.69) is 188 Å². The Morgan fingerprint density at radius 2 is 0.518 bits per heavy atom. The second kappa shape index (κ2) is 14.4. The van der Waals surface area contributed by atoms with Gasteiger partial charge < -0.3 is 0 Å². The van der Waals surface area contributed by atoms with Crippen molar-refractivity contribution in [2.24, 2.45) is 0 Å². The zero-order valence-electron chi connectivity index (χ0n) is 30.5. The lowest BCUT2D eigenvalue weighted by molar-refractivity contribution is 1.07. The van der Waals surface area contributed by atoms with E-state index in [1.807, 2.05) is 24.3 Å². The molecule has 0 N–H and O–H groups in total. The molecule has 1 heterocycles. The van der Waals surface area contributed by atoms with Crippen molar-refractivity contribution in [1.29, 1.82) is 0 Å². The summed E-state index contributed by atoms with van der Waals surface area (Å²) in [7, 11) is 0. The zero-order valence-corrected chi connectivity index (χ0v) is 30.5. The molecular weight excluding hydrogens is 679 g/mol. The number of benzene rings is 9. The highest BCUT2D eigenvalue weighted by molar-refractivity contribution is 5.90. The van der Waals surface area contributed by atoms with Crippen LogP contribution in [0, 0.1) is 0 Å². The topological polar surface area (TPSA) is 38.7 Å². The molecule has 0 saturated heterocycles. The van der Waals surface area contributed by atoms with Gasteiger partial charge in [-0.1, -0.05) is 176 Å². The predicted molar refractivity (Wildman–Crippen MR) is 233 cm³/mol. The van der Waals surface area contributed by atoms with Crippen LogP contribution in [0.15, 0.2) is 212 Å². The molecule has 0 aliphatic rings. The molecule has 0 saturated carbocycles. The van der Waals surface area contributed by atoms with Gasteiger partial charge in [-0.05, 0) is 102 Å². The third kappa shape index (κ3) is 6.63. The van der Waals surface area contributed by atoms with Gasteiger partial charge >= 0.3 is 0 Å². The van der Waals surface area contributed by atoms with Crippen molar-refractivity contribution in [2.75, 3.05) is 0 Å². The molecule has 1 aromatic heterocycles. The van der Waals surface area contributed by atoms with Gasteiger partial charge in [0.15, 0.2) is 17.5 Å². The van der Waals surface area contributed by atoms with Crippen LogP contribution in [0.4, 0.5) is 0 Å². The lowest BCUT2D eigenvalue weighted by atomic mass is 9.93. The van der Waals surface area contributed by atoms with Crippen LogP contribution in [0.2, 0.25) is 0 Å². The molecule has 0 bridgehead atoms. The Hall–Kier alpha value is -7.49. The van der Waals surface area contributed by atoms with E-state index in [0.29, 0.717) is 17.5 Å². The van der Waals surface area contributed by atoms with E-state index in [1.165, 1.54) is 32.7 Å². The van der Waals surface area contributed by atoms with Crippen LogP contribution in [-0.2, 0) is 0 Å². The second-order valence-corrected chi connectivity index (χ2v) is 14.1. The van der Waals surface area contributed by atoms with E-state index in [9.17, 15) is 0 Å². The first-order valence-electron chi connectivity index (χ1n) is 18.9. The van der Waals surface area contributed by atoms with Crippen LogP contribution in [-0.4, -0.2) is 15.0 Å². The van der Waals surface area contributed by atoms with Crippen LogP contribution in [0.1, 0.15) is 0 Å². The van der Waals surface area contributed by atoms with Gasteiger partial charge in [0.25, 0.3) is 0 Å². The van der Waals surface area contributed by atoms with Gasteiger partial charge in [0.05, 0.1) is 0 Å². The summed E-state index contributed by atoms with van der Waals surface area (Å²) in [5.74, 6) is 1.88. The van der Waals surface area contributed by atoms with Crippen molar-refractivity contribution in [1.82, 2.24) is 15.0 Å². The first kappa shape index (κ1) is 33.1. The Balaban J connectivity index is 1.13. The molecule has 10 aromatic rings. The van der Waals surface area contributed by atoms with Crippen molar-refractivity contribution in [3.63, 3.8) is 0 Å². The van der Waals surface area contributed by atoms with Crippen molar-refractivity contribution in [2.45, 2.75) is 0 Å². The van der Waals surface area contributed by atoms with Gasteiger partial charge in [-0.3, -0.25) is 0 Å². The molecule has 0 fully saturated rings. The fourth-order valence-corrected chi connectivity index (χ4v) is 7.50. The standard InChI is InChI=1S/C53H35N3/c1-3-12-36(13-4-1)44-20-11-21-47(32-44)52-54-51(41-16-5-2-6-17-41)55-53(56-52)50-34-48(33-49(35-50)46-29-27-38-15-8-10-19-43(38)31-46)40-24-22-39(23-25-40)45-28-26-37-14-7-9-18-42(37)30-45/h1-35H. The lowest BCUT2D eigenvalue weighted by Crippen LogP contribution is -2.00. The van der Waals surface area contributed by atoms with Crippen molar-refractivity contribution >= 4 is 21.5 Å². The summed E-state index contributed by atoms with van der Waals surface area (Å²) in [6.45, 7) is 0. The minimum Gasteiger partial charge on any atom is -0.208 e. The average molecular weight is 714 g/mol. The van der Waals surface area contributed by atoms with Crippen LogP contribution < -0.4 is 0 Å². The SMILES string of the molecule is c1ccc(-c2cccc(-c3nc(-c4ccccc4)nc(-c4cc(-c5ccc(-c6ccc7ccccc7c6)cc5)cc(-c5ccc6ccccc6c5)c4)n3)c2)cc1. The normalized spacial score (nSPS) is 11.2. The number of nitrogens with zero attached hydrogens (tertiary/aromatic N) is 3. The Morgan fingerprint density at radius 3 is 1.12 bits per heavy atom. The number of aromatic nitrogens is 3. The molecule has 0 radical (unpaired) electrons. The summed E-state index contributed by atoms with van der Waals surface area (Å²) in [5, 5.41) is 4.89. The van der Waals surface area contributed by atoms with Gasteiger partial charge in [-0.2, -0.15) is 0 Å². The van der Waals surface area contributed by atoms with Gasteiger partial charge in [0, 0.05) is 16.7 Å². The van der Waals surface area contributed by atoms with Crippen molar-refractivity contribution < 1.29 is 0 Å². The molecular formula is C53H35N3. The Labute approximate surface area is 326 Å². The molecule has 0 unspecified atom stereocenters. The van der Waals surface area contributed by atoms with E-state index in [1.54, 1.807) is 0 Å². The van der Waals surface area contributed by atoms with E-state index in [-0.39, 0.29) is 0 Å². The fourth-order valence-electron chi connectivity index (χ4n) is 7.50. The zero-order chi connectivity index (χ0) is 37.3. The molecule has 9 aromatic carbocycles. The molecule has 3 nitrogen and oxygen atoms in total. The summed E-state index contributed by atoms with van der Waals surface area (Å²) in [5.41, 5.74) is 11.9. The molecule has 0 spiro atoms. The molecule has 0 amide bonds. The van der Waals surface area contributed by atoms with E-state index in [0.717, 1.165) is 50.1 Å². The summed E-state index contributed by atoms with van der Waals surface area (Å²) >= 11 is 0. The van der Waals surface area contributed by atoms with E-state index in [4.69, 9.17) is 15.0 Å². The smallest absolute Gasteiger partial charge is 0.164 e. The molecule has 56 heavy (non-hydrogen) atoms. The van der Waals surface area contributed by atoms with E-state index >= 15 is 0 Å². The quantitative estimate of drug-likeness (QED) is 0.165. The van der Waals surface area contributed by atoms with E-state index < -0.39 is 0 Å². The minimum absolute atomic E-state index is 0.621. The first-order valence-corrected chi connectivity index (χ1v) is 18.9. The second-order valence-electron chi connectivity index (χ2n) is 14.1. The third-order valence-electron chi connectivity index (χ3n) is 10.5. The minimum atomic E-state index is 0.621. The molecule has 0 aliphatic carbocycles. The number of hydrogen-bond donors (Lipinski definition) is 0. The van der Waals surface area contributed by atoms with Gasteiger partial charge in [-0.25, -0.2) is 15.0 Å².